The normalized spacial score (nSPS) is 10.8. The largest absolute Gasteiger partial charge is 0.361 e. The number of H-pyrrole nitrogens is 1. The van der Waals surface area contributed by atoms with E-state index in [2.05, 4.69) is 20.4 Å². The molecule has 24 heavy (non-hydrogen) atoms. The summed E-state index contributed by atoms with van der Waals surface area (Å²) in [6.45, 7) is 0.427. The van der Waals surface area contributed by atoms with Crippen molar-refractivity contribution in [3.8, 4) is 5.82 Å². The highest BCUT2D eigenvalue weighted by atomic mass is 16.1. The summed E-state index contributed by atoms with van der Waals surface area (Å²) in [5.74, 6) is 0.622. The summed E-state index contributed by atoms with van der Waals surface area (Å²) in [5.41, 5.74) is 2.58. The molecule has 0 aliphatic carbocycles. The number of fused-ring (bicyclic) bond motifs is 1. The molecule has 0 radical (unpaired) electrons. The van der Waals surface area contributed by atoms with Gasteiger partial charge in [-0.1, -0.05) is 6.07 Å². The number of aromatic nitrogens is 4. The lowest BCUT2D eigenvalue weighted by atomic mass is 10.1. The molecule has 0 fully saturated rings. The first-order chi connectivity index (χ1) is 11.8. The minimum atomic E-state index is -0.0994. The summed E-state index contributed by atoms with van der Waals surface area (Å²) < 4.78 is 1.69. The monoisotopic (exact) mass is 317 g/mol. The maximum Gasteiger partial charge on any atom is 0.252 e. The Kier molecular flexibility index (Phi) is 3.55. The maximum atomic E-state index is 12.5. The van der Waals surface area contributed by atoms with Crippen LogP contribution in [0.25, 0.3) is 16.7 Å². The molecule has 4 aromatic rings. The van der Waals surface area contributed by atoms with Crippen LogP contribution in [0.3, 0.4) is 0 Å². The number of hydrogen-bond donors (Lipinski definition) is 2. The number of carbonyl (C=O) groups is 1. The lowest BCUT2D eigenvalue weighted by Crippen LogP contribution is -2.23. The van der Waals surface area contributed by atoms with Crippen molar-refractivity contribution in [3.05, 3.63) is 78.4 Å². The number of carbonyl (C=O) groups excluding carboxylic acids is 1. The average Bonchev–Trinajstić information content (AvgIpc) is 3.30. The van der Waals surface area contributed by atoms with Crippen molar-refractivity contribution in [2.75, 3.05) is 0 Å². The SMILES string of the molecule is O=C(NCc1ccnc(-n2cccn2)c1)c1cccc2[nH]ccc12. The molecule has 0 saturated heterocycles. The van der Waals surface area contributed by atoms with Gasteiger partial charge in [-0.05, 0) is 42.0 Å². The molecule has 1 amide bonds. The summed E-state index contributed by atoms with van der Waals surface area (Å²) in [6, 6.07) is 13.2. The molecule has 0 saturated carbocycles. The van der Waals surface area contributed by atoms with Crippen LogP contribution in [0.15, 0.2) is 67.3 Å². The molecule has 4 rings (SSSR count). The zero-order valence-corrected chi connectivity index (χ0v) is 12.8. The molecule has 0 aliphatic heterocycles. The number of nitrogens with one attached hydrogen (secondary N) is 2. The zero-order valence-electron chi connectivity index (χ0n) is 12.8. The molecule has 0 aliphatic rings. The Hall–Kier alpha value is -3.41. The Morgan fingerprint density at radius 3 is 3.00 bits per heavy atom. The maximum absolute atomic E-state index is 12.5. The zero-order chi connectivity index (χ0) is 16.4. The van der Waals surface area contributed by atoms with E-state index < -0.39 is 0 Å². The molecule has 0 unspecified atom stereocenters. The Labute approximate surface area is 138 Å². The lowest BCUT2D eigenvalue weighted by molar-refractivity contribution is 0.0952. The second-order valence-electron chi connectivity index (χ2n) is 5.40. The summed E-state index contributed by atoms with van der Waals surface area (Å²) in [7, 11) is 0. The van der Waals surface area contributed by atoms with E-state index in [0.29, 0.717) is 12.1 Å². The van der Waals surface area contributed by atoms with Gasteiger partial charge in [0, 0.05) is 47.8 Å². The van der Waals surface area contributed by atoms with E-state index in [1.54, 1.807) is 17.1 Å². The van der Waals surface area contributed by atoms with Gasteiger partial charge in [-0.3, -0.25) is 4.79 Å². The number of pyridine rings is 1. The molecule has 3 aromatic heterocycles. The second-order valence-corrected chi connectivity index (χ2v) is 5.40. The van der Waals surface area contributed by atoms with Crippen LogP contribution in [0, 0.1) is 0 Å². The molecule has 1 aromatic carbocycles. The van der Waals surface area contributed by atoms with Gasteiger partial charge in [0.25, 0.3) is 5.91 Å². The van der Waals surface area contributed by atoms with Gasteiger partial charge in [-0.2, -0.15) is 5.10 Å². The van der Waals surface area contributed by atoms with Gasteiger partial charge < -0.3 is 10.3 Å². The van der Waals surface area contributed by atoms with Crippen LogP contribution in [0.1, 0.15) is 15.9 Å². The molecular weight excluding hydrogens is 302 g/mol. The summed E-state index contributed by atoms with van der Waals surface area (Å²) in [4.78, 5) is 19.9. The minimum absolute atomic E-state index is 0.0994. The van der Waals surface area contributed by atoms with Gasteiger partial charge in [0.1, 0.15) is 0 Å². The number of amides is 1. The number of benzene rings is 1. The van der Waals surface area contributed by atoms with Crippen molar-refractivity contribution in [2.45, 2.75) is 6.54 Å². The first-order valence-electron chi connectivity index (χ1n) is 7.60. The van der Waals surface area contributed by atoms with E-state index in [1.807, 2.05) is 54.9 Å². The third kappa shape index (κ3) is 2.65. The van der Waals surface area contributed by atoms with Crippen LogP contribution in [0.2, 0.25) is 0 Å². The fourth-order valence-corrected chi connectivity index (χ4v) is 2.66. The van der Waals surface area contributed by atoms with Crippen molar-refractivity contribution < 1.29 is 4.79 Å². The van der Waals surface area contributed by atoms with Crippen molar-refractivity contribution in [2.24, 2.45) is 0 Å². The van der Waals surface area contributed by atoms with E-state index in [-0.39, 0.29) is 5.91 Å². The highest BCUT2D eigenvalue weighted by molar-refractivity contribution is 6.06. The molecule has 3 heterocycles. The molecule has 6 nitrogen and oxygen atoms in total. The topological polar surface area (TPSA) is 75.6 Å². The number of nitrogens with zero attached hydrogens (tertiary/aromatic N) is 3. The Morgan fingerprint density at radius 1 is 1.17 bits per heavy atom. The molecule has 118 valence electrons. The molecule has 0 spiro atoms. The van der Waals surface area contributed by atoms with Gasteiger partial charge >= 0.3 is 0 Å². The van der Waals surface area contributed by atoms with Gasteiger partial charge in [-0.15, -0.1) is 0 Å². The quantitative estimate of drug-likeness (QED) is 0.607. The molecule has 6 heteroatoms. The van der Waals surface area contributed by atoms with E-state index in [9.17, 15) is 4.79 Å². The third-order valence-electron chi connectivity index (χ3n) is 3.84. The van der Waals surface area contributed by atoms with Crippen LogP contribution in [0.4, 0.5) is 0 Å². The predicted octanol–water partition coefficient (Wildman–Crippen LogP) is 2.68. The van der Waals surface area contributed by atoms with Crippen LogP contribution in [-0.4, -0.2) is 25.7 Å². The Balaban J connectivity index is 1.52. The van der Waals surface area contributed by atoms with Crippen LogP contribution >= 0.6 is 0 Å². The predicted molar refractivity (Wildman–Crippen MR) is 90.8 cm³/mol. The Morgan fingerprint density at radius 2 is 2.12 bits per heavy atom. The average molecular weight is 317 g/mol. The third-order valence-corrected chi connectivity index (χ3v) is 3.84. The first kappa shape index (κ1) is 14.2. The molecule has 0 atom stereocenters. The lowest BCUT2D eigenvalue weighted by Gasteiger charge is -2.08. The van der Waals surface area contributed by atoms with Crippen LogP contribution in [0.5, 0.6) is 0 Å². The Bertz CT molecular complexity index is 988. The van der Waals surface area contributed by atoms with Crippen molar-refractivity contribution in [1.29, 1.82) is 0 Å². The molecular formula is C18H15N5O. The van der Waals surface area contributed by atoms with Crippen molar-refractivity contribution in [1.82, 2.24) is 25.1 Å². The van der Waals surface area contributed by atoms with Gasteiger partial charge in [0.2, 0.25) is 0 Å². The summed E-state index contributed by atoms with van der Waals surface area (Å²) in [5, 5.41) is 8.04. The van der Waals surface area contributed by atoms with Crippen molar-refractivity contribution >= 4 is 16.8 Å². The van der Waals surface area contributed by atoms with Crippen LogP contribution in [-0.2, 0) is 6.54 Å². The highest BCUT2D eigenvalue weighted by Gasteiger charge is 2.10. The number of hydrogen-bond acceptors (Lipinski definition) is 3. The van der Waals surface area contributed by atoms with Crippen LogP contribution < -0.4 is 5.32 Å². The smallest absolute Gasteiger partial charge is 0.252 e. The number of aromatic amines is 1. The fraction of sp³-hybridized carbons (Fsp3) is 0.0556. The van der Waals surface area contributed by atoms with Gasteiger partial charge in [0.05, 0.1) is 0 Å². The molecule has 2 N–H and O–H groups in total. The standard InChI is InChI=1S/C18H15N5O/c24-18(15-3-1-4-16-14(15)6-9-19-16)21-12-13-5-8-20-17(11-13)23-10-2-7-22-23/h1-11,19H,12H2,(H,21,24). The summed E-state index contributed by atoms with van der Waals surface area (Å²) in [6.07, 6.45) is 7.08. The second kappa shape index (κ2) is 6.00. The van der Waals surface area contributed by atoms with E-state index in [1.165, 1.54) is 0 Å². The first-order valence-corrected chi connectivity index (χ1v) is 7.60. The van der Waals surface area contributed by atoms with Gasteiger partial charge in [-0.25, -0.2) is 9.67 Å². The summed E-state index contributed by atoms with van der Waals surface area (Å²) >= 11 is 0. The minimum Gasteiger partial charge on any atom is -0.361 e. The van der Waals surface area contributed by atoms with E-state index >= 15 is 0 Å². The number of rotatable bonds is 4. The highest BCUT2D eigenvalue weighted by Crippen LogP contribution is 2.17. The van der Waals surface area contributed by atoms with E-state index in [0.717, 1.165) is 22.3 Å². The van der Waals surface area contributed by atoms with Gasteiger partial charge in [0.15, 0.2) is 5.82 Å². The van der Waals surface area contributed by atoms with E-state index in [4.69, 9.17) is 0 Å². The van der Waals surface area contributed by atoms with Crippen molar-refractivity contribution in [3.63, 3.8) is 0 Å². The molecule has 0 bridgehead atoms. The fourth-order valence-electron chi connectivity index (χ4n) is 2.66.